The molecule has 21 heavy (non-hydrogen) atoms. The number of likely N-dealkylation sites (N-methyl/N-ethyl adjacent to an activating group) is 1. The highest BCUT2D eigenvalue weighted by Crippen LogP contribution is 2.19. The van der Waals surface area contributed by atoms with Crippen LogP contribution in [-0.4, -0.2) is 43.2 Å². The lowest BCUT2D eigenvalue weighted by atomic mass is 9.99. The monoisotopic (exact) mass is 290 g/mol. The third kappa shape index (κ3) is 3.28. The van der Waals surface area contributed by atoms with Crippen molar-refractivity contribution in [2.75, 3.05) is 26.7 Å². The van der Waals surface area contributed by atoms with E-state index in [-0.39, 0.29) is 17.1 Å². The molecule has 0 saturated heterocycles. The highest BCUT2D eigenvalue weighted by atomic mass is 19.1. The molecule has 1 amide bonds. The Morgan fingerprint density at radius 1 is 1.38 bits per heavy atom. The highest BCUT2D eigenvalue weighted by Gasteiger charge is 2.22. The van der Waals surface area contributed by atoms with Crippen LogP contribution in [0.5, 0.6) is 0 Å². The van der Waals surface area contributed by atoms with Crippen LogP contribution in [0.3, 0.4) is 0 Å². The minimum Gasteiger partial charge on any atom is -0.398 e. The molecule has 112 valence electrons. The van der Waals surface area contributed by atoms with Gasteiger partial charge in [-0.05, 0) is 43.3 Å². The summed E-state index contributed by atoms with van der Waals surface area (Å²) in [6, 6.07) is 4.46. The first kappa shape index (κ1) is 15.2. The lowest BCUT2D eigenvalue weighted by Gasteiger charge is -2.23. The van der Waals surface area contributed by atoms with Gasteiger partial charge in [0.25, 0.3) is 5.91 Å². The van der Waals surface area contributed by atoms with Gasteiger partial charge in [-0.25, -0.2) is 4.39 Å². The van der Waals surface area contributed by atoms with Crippen molar-refractivity contribution in [1.29, 1.82) is 0 Å². The molecule has 0 atom stereocenters. The summed E-state index contributed by atoms with van der Waals surface area (Å²) in [5.74, 6) is -0.939. The summed E-state index contributed by atoms with van der Waals surface area (Å²) >= 11 is 0. The van der Waals surface area contributed by atoms with Crippen LogP contribution in [0, 0.1) is 12.7 Å². The lowest BCUT2D eigenvalue weighted by Crippen LogP contribution is -2.37. The molecule has 2 rings (SSSR count). The molecule has 0 unspecified atom stereocenters. The fraction of sp³-hybridized carbons (Fsp3) is 0.333. The van der Waals surface area contributed by atoms with Crippen LogP contribution in [-0.2, 0) is 4.79 Å². The zero-order valence-electron chi connectivity index (χ0n) is 12.2. The average Bonchev–Trinajstić information content (AvgIpc) is 2.41. The van der Waals surface area contributed by atoms with Crippen molar-refractivity contribution in [2.24, 2.45) is 16.5 Å². The Morgan fingerprint density at radius 3 is 2.67 bits per heavy atom. The molecule has 1 aromatic carbocycles. The van der Waals surface area contributed by atoms with Gasteiger partial charge >= 0.3 is 0 Å². The largest absolute Gasteiger partial charge is 0.398 e. The Balaban J connectivity index is 2.50. The summed E-state index contributed by atoms with van der Waals surface area (Å²) in [7, 11) is 1.94. The number of aryl methyl sites for hydroxylation is 1. The van der Waals surface area contributed by atoms with E-state index in [1.54, 1.807) is 13.0 Å². The third-order valence-electron chi connectivity index (χ3n) is 3.48. The molecule has 0 bridgehead atoms. The normalized spacial score (nSPS) is 17.2. The fourth-order valence-corrected chi connectivity index (χ4v) is 2.29. The fourth-order valence-electron chi connectivity index (χ4n) is 2.29. The summed E-state index contributed by atoms with van der Waals surface area (Å²) in [6.45, 7) is 3.57. The Morgan fingerprint density at radius 2 is 2.10 bits per heavy atom. The van der Waals surface area contributed by atoms with Crippen molar-refractivity contribution >= 4 is 17.3 Å². The number of nitrogens with two attached hydrogens (primary N) is 2. The zero-order valence-corrected chi connectivity index (χ0v) is 12.2. The number of primary amides is 1. The topological polar surface area (TPSA) is 84.7 Å². The predicted octanol–water partition coefficient (Wildman–Crippen LogP) is 0.676. The van der Waals surface area contributed by atoms with E-state index in [2.05, 4.69) is 4.99 Å². The number of rotatable bonds is 3. The highest BCUT2D eigenvalue weighted by molar-refractivity contribution is 6.26. The summed E-state index contributed by atoms with van der Waals surface area (Å²) in [4.78, 5) is 18.2. The number of amides is 1. The van der Waals surface area contributed by atoms with Crippen molar-refractivity contribution in [3.63, 3.8) is 0 Å². The number of halogens is 1. The molecule has 6 heteroatoms. The van der Waals surface area contributed by atoms with Crippen LogP contribution in [0.2, 0.25) is 0 Å². The van der Waals surface area contributed by atoms with Crippen molar-refractivity contribution in [1.82, 2.24) is 4.90 Å². The molecule has 0 fully saturated rings. The molecule has 0 aliphatic carbocycles. The van der Waals surface area contributed by atoms with Crippen molar-refractivity contribution in [3.05, 3.63) is 40.7 Å². The van der Waals surface area contributed by atoms with Crippen molar-refractivity contribution in [2.45, 2.75) is 6.92 Å². The molecule has 5 nitrogen and oxygen atoms in total. The number of benzene rings is 1. The third-order valence-corrected chi connectivity index (χ3v) is 3.48. The molecular formula is C15H19FN4O. The van der Waals surface area contributed by atoms with E-state index in [9.17, 15) is 9.18 Å². The quantitative estimate of drug-likeness (QED) is 0.803. The van der Waals surface area contributed by atoms with Crippen LogP contribution in [0.15, 0.2) is 28.8 Å². The van der Waals surface area contributed by atoms with Gasteiger partial charge in [-0.2, -0.15) is 0 Å². The van der Waals surface area contributed by atoms with Gasteiger partial charge in [0.15, 0.2) is 0 Å². The maximum atomic E-state index is 13.3. The number of nitrogens with zero attached hydrogens (tertiary/aromatic N) is 2. The van der Waals surface area contributed by atoms with E-state index in [0.717, 1.165) is 6.54 Å². The van der Waals surface area contributed by atoms with Crippen molar-refractivity contribution in [3.8, 4) is 0 Å². The zero-order chi connectivity index (χ0) is 15.6. The summed E-state index contributed by atoms with van der Waals surface area (Å²) in [5, 5.41) is 0. The predicted molar refractivity (Wildman–Crippen MR) is 81.2 cm³/mol. The first-order chi connectivity index (χ1) is 9.90. The SMILES string of the molecule is Cc1cc(C(N)=C(C(N)=O)C2=NCCN(C)C2)ccc1F. The Hall–Kier alpha value is -2.21. The maximum absolute atomic E-state index is 13.3. The molecule has 0 aromatic heterocycles. The van der Waals surface area contributed by atoms with E-state index in [4.69, 9.17) is 11.5 Å². The number of aliphatic imine (C=N–C) groups is 1. The average molecular weight is 290 g/mol. The van der Waals surface area contributed by atoms with Crippen LogP contribution in [0.1, 0.15) is 11.1 Å². The van der Waals surface area contributed by atoms with Gasteiger partial charge in [-0.15, -0.1) is 0 Å². The molecular weight excluding hydrogens is 271 g/mol. The molecule has 1 heterocycles. The van der Waals surface area contributed by atoms with Gasteiger partial charge in [0.05, 0.1) is 23.5 Å². The molecule has 4 N–H and O–H groups in total. The van der Waals surface area contributed by atoms with Crippen LogP contribution >= 0.6 is 0 Å². The molecule has 0 saturated carbocycles. The molecule has 1 aliphatic rings. The number of hydrogen-bond donors (Lipinski definition) is 2. The van der Waals surface area contributed by atoms with Gasteiger partial charge in [0.2, 0.25) is 0 Å². The summed E-state index contributed by atoms with van der Waals surface area (Å²) < 4.78 is 13.3. The Kier molecular flexibility index (Phi) is 4.37. The summed E-state index contributed by atoms with van der Waals surface area (Å²) in [5.41, 5.74) is 13.6. The van der Waals surface area contributed by atoms with Crippen molar-refractivity contribution < 1.29 is 9.18 Å². The maximum Gasteiger partial charge on any atom is 0.252 e. The molecule has 0 spiro atoms. The number of carbonyl (C=O) groups is 1. The van der Waals surface area contributed by atoms with E-state index in [0.29, 0.717) is 29.9 Å². The number of hydrogen-bond acceptors (Lipinski definition) is 4. The van der Waals surface area contributed by atoms with Gasteiger partial charge in [-0.3, -0.25) is 14.7 Å². The first-order valence-corrected chi connectivity index (χ1v) is 6.68. The van der Waals surface area contributed by atoms with E-state index in [1.165, 1.54) is 12.1 Å². The van der Waals surface area contributed by atoms with E-state index in [1.807, 2.05) is 11.9 Å². The minimum atomic E-state index is -0.622. The molecule has 1 aromatic rings. The smallest absolute Gasteiger partial charge is 0.252 e. The van der Waals surface area contributed by atoms with Gasteiger partial charge in [-0.1, -0.05) is 0 Å². The van der Waals surface area contributed by atoms with E-state index >= 15 is 0 Å². The van der Waals surface area contributed by atoms with Crippen LogP contribution in [0.25, 0.3) is 5.70 Å². The second kappa shape index (κ2) is 6.05. The minimum absolute atomic E-state index is 0.215. The Bertz CT molecular complexity index is 637. The molecule has 1 aliphatic heterocycles. The van der Waals surface area contributed by atoms with E-state index < -0.39 is 5.91 Å². The van der Waals surface area contributed by atoms with Gasteiger partial charge < -0.3 is 11.5 Å². The lowest BCUT2D eigenvalue weighted by molar-refractivity contribution is -0.114. The first-order valence-electron chi connectivity index (χ1n) is 6.68. The second-order valence-electron chi connectivity index (χ2n) is 5.18. The second-order valence-corrected chi connectivity index (χ2v) is 5.18. The standard InChI is InChI=1S/C15H19FN4O/c1-9-7-10(3-4-11(9)16)14(17)13(15(18)21)12-8-20(2)6-5-19-12/h3-4,7H,5-6,8,17H2,1-2H3,(H2,18,21). The summed E-state index contributed by atoms with van der Waals surface area (Å²) in [6.07, 6.45) is 0. The van der Waals surface area contributed by atoms with Gasteiger partial charge in [0, 0.05) is 13.1 Å². The number of carbonyl (C=O) groups excluding carboxylic acids is 1. The molecule has 0 radical (unpaired) electrons. The van der Waals surface area contributed by atoms with Crippen LogP contribution < -0.4 is 11.5 Å². The Labute approximate surface area is 123 Å². The van der Waals surface area contributed by atoms with Crippen LogP contribution in [0.4, 0.5) is 4.39 Å². The van der Waals surface area contributed by atoms with Gasteiger partial charge in [0.1, 0.15) is 5.82 Å².